The number of nitrogens with two attached hydrogens (primary N) is 1. The fraction of sp³-hybridized carbons (Fsp3) is 0.419. The van der Waals surface area contributed by atoms with Gasteiger partial charge in [-0.3, -0.25) is 0 Å². The molecule has 0 spiro atoms. The number of benzene rings is 3. The second-order valence-electron chi connectivity index (χ2n) is 9.79. The summed E-state index contributed by atoms with van der Waals surface area (Å²) in [5, 5.41) is 0. The molecule has 11 heteroatoms. The number of nitrogen functional groups attached to an aromatic ring is 1. The van der Waals surface area contributed by atoms with Gasteiger partial charge in [0, 0.05) is 16.3 Å². The number of ether oxygens (including phenoxy) is 6. The Bertz CT molecular complexity index is 1450. The number of sulfone groups is 1. The van der Waals surface area contributed by atoms with Crippen LogP contribution in [0.2, 0.25) is 0 Å². The quantitative estimate of drug-likeness (QED) is 0.126. The molecule has 2 atom stereocenters. The Morgan fingerprint density at radius 3 is 2.00 bits per heavy atom. The summed E-state index contributed by atoms with van der Waals surface area (Å²) in [5.74, 6) is 2.78. The van der Waals surface area contributed by atoms with E-state index in [-0.39, 0.29) is 35.2 Å². The molecule has 3 aromatic carbocycles. The number of anilines is 1. The summed E-state index contributed by atoms with van der Waals surface area (Å²) in [6.45, 7) is 2.12. The van der Waals surface area contributed by atoms with Crippen LogP contribution in [-0.2, 0) is 14.6 Å². The maximum Gasteiger partial charge on any atom is 0.203 e. The maximum absolute atomic E-state index is 13.4. The first-order chi connectivity index (χ1) is 20.2. The van der Waals surface area contributed by atoms with E-state index in [1.165, 1.54) is 7.11 Å². The van der Waals surface area contributed by atoms with Crippen LogP contribution in [0.5, 0.6) is 28.7 Å². The van der Waals surface area contributed by atoms with Crippen LogP contribution >= 0.6 is 11.8 Å². The molecule has 3 aromatic rings. The molecule has 2 N–H and O–H groups in total. The molecule has 1 saturated heterocycles. The summed E-state index contributed by atoms with van der Waals surface area (Å²) >= 11 is 1.58. The summed E-state index contributed by atoms with van der Waals surface area (Å²) in [6, 6.07) is 14.8. The van der Waals surface area contributed by atoms with Gasteiger partial charge in [0.15, 0.2) is 32.8 Å². The van der Waals surface area contributed by atoms with Gasteiger partial charge >= 0.3 is 0 Å². The highest BCUT2D eigenvalue weighted by molar-refractivity contribution is 7.99. The van der Waals surface area contributed by atoms with Crippen LogP contribution in [0.25, 0.3) is 0 Å². The van der Waals surface area contributed by atoms with E-state index in [1.807, 2.05) is 49.4 Å². The van der Waals surface area contributed by atoms with E-state index in [2.05, 4.69) is 0 Å². The van der Waals surface area contributed by atoms with Crippen molar-refractivity contribution < 1.29 is 36.8 Å². The van der Waals surface area contributed by atoms with E-state index < -0.39 is 9.84 Å². The molecule has 1 unspecified atom stereocenters. The van der Waals surface area contributed by atoms with Crippen LogP contribution in [0.3, 0.4) is 0 Å². The van der Waals surface area contributed by atoms with Gasteiger partial charge in [-0.05, 0) is 72.9 Å². The lowest BCUT2D eigenvalue weighted by Crippen LogP contribution is -2.12. The van der Waals surface area contributed by atoms with Gasteiger partial charge < -0.3 is 34.2 Å². The molecule has 0 aliphatic carbocycles. The highest BCUT2D eigenvalue weighted by Crippen LogP contribution is 2.48. The van der Waals surface area contributed by atoms with Crippen LogP contribution in [0.1, 0.15) is 49.5 Å². The molecule has 0 amide bonds. The summed E-state index contributed by atoms with van der Waals surface area (Å²) in [7, 11) is 2.58. The number of thioether (sulfide) groups is 1. The smallest absolute Gasteiger partial charge is 0.203 e. The average molecular weight is 618 g/mol. The highest BCUT2D eigenvalue weighted by Gasteiger charge is 2.32. The second kappa shape index (κ2) is 14.3. The zero-order valence-electron chi connectivity index (χ0n) is 24.7. The van der Waals surface area contributed by atoms with E-state index in [9.17, 15) is 8.42 Å². The molecule has 1 heterocycles. The molecule has 4 rings (SSSR count). The molecule has 0 aromatic heterocycles. The molecule has 1 aliphatic heterocycles. The molecule has 0 radical (unpaired) electrons. The summed E-state index contributed by atoms with van der Waals surface area (Å²) in [4.78, 5) is 1.13. The van der Waals surface area contributed by atoms with Gasteiger partial charge in [-0.15, -0.1) is 11.8 Å². The second-order valence-corrected chi connectivity index (χ2v) is 13.0. The average Bonchev–Trinajstić information content (AvgIpc) is 3.48. The van der Waals surface area contributed by atoms with Gasteiger partial charge in [0.05, 0.1) is 53.0 Å². The predicted molar refractivity (Wildman–Crippen MR) is 164 cm³/mol. The zero-order chi connectivity index (χ0) is 30.3. The van der Waals surface area contributed by atoms with Crippen molar-refractivity contribution >= 4 is 27.3 Å². The van der Waals surface area contributed by atoms with Crippen molar-refractivity contribution in [1.29, 1.82) is 0 Å². The van der Waals surface area contributed by atoms with Gasteiger partial charge in [0.2, 0.25) is 5.75 Å². The largest absolute Gasteiger partial charge is 0.493 e. The van der Waals surface area contributed by atoms with Gasteiger partial charge in [-0.1, -0.05) is 13.0 Å². The predicted octanol–water partition coefficient (Wildman–Crippen LogP) is 6.25. The van der Waals surface area contributed by atoms with Crippen LogP contribution in [0.15, 0.2) is 58.3 Å². The van der Waals surface area contributed by atoms with Crippen molar-refractivity contribution in [3.05, 3.63) is 59.7 Å². The first-order valence-electron chi connectivity index (χ1n) is 13.8. The molecular formula is C31H39NO8S2. The first kappa shape index (κ1) is 31.7. The Balaban J connectivity index is 1.59. The van der Waals surface area contributed by atoms with Crippen molar-refractivity contribution in [1.82, 2.24) is 0 Å². The Hall–Kier alpha value is -3.28. The van der Waals surface area contributed by atoms with Crippen molar-refractivity contribution in [2.75, 3.05) is 52.3 Å². The molecule has 0 saturated carbocycles. The minimum absolute atomic E-state index is 0.00635. The fourth-order valence-corrected chi connectivity index (χ4v) is 7.32. The number of methoxy groups -OCH3 is 4. The van der Waals surface area contributed by atoms with Crippen molar-refractivity contribution in [2.24, 2.45) is 0 Å². The van der Waals surface area contributed by atoms with Crippen LogP contribution in [0.4, 0.5) is 5.69 Å². The first-order valence-corrected chi connectivity index (χ1v) is 16.4. The van der Waals surface area contributed by atoms with Gasteiger partial charge in [0.25, 0.3) is 0 Å². The standard InChI is InChI=1S/C31H39NO8S2/c1-6-14-42(33,34)29-18-21(17-28(37-4)31(29)39-12-13-41-23-9-7-8-22(32)19-23)25-11-10-24(40-25)20-15-26(35-2)30(38-5)27(16-20)36-3/h7-9,15-19,24-25H,6,10-14,32H2,1-5H3/t24-,25?/m0/s1. The lowest BCUT2D eigenvalue weighted by atomic mass is 10.0. The van der Waals surface area contributed by atoms with Crippen LogP contribution < -0.4 is 29.4 Å². The van der Waals surface area contributed by atoms with E-state index >= 15 is 0 Å². The SMILES string of the molecule is CCCS(=O)(=O)c1cc(C2CC[C@@H](c3cc(OC)c(OC)c(OC)c3)O2)cc(OC)c1OCCSc1cccc(N)c1. The molecule has 42 heavy (non-hydrogen) atoms. The van der Waals surface area contributed by atoms with Crippen LogP contribution in [-0.4, -0.2) is 55.0 Å². The lowest BCUT2D eigenvalue weighted by Gasteiger charge is -2.21. The Morgan fingerprint density at radius 2 is 1.45 bits per heavy atom. The molecule has 1 aliphatic rings. The third-order valence-electron chi connectivity index (χ3n) is 6.98. The summed E-state index contributed by atoms with van der Waals surface area (Å²) in [5.41, 5.74) is 8.17. The van der Waals surface area contributed by atoms with Gasteiger partial charge in [-0.25, -0.2) is 8.42 Å². The van der Waals surface area contributed by atoms with Gasteiger partial charge in [-0.2, -0.15) is 0 Å². The Labute approximate surface area is 252 Å². The maximum atomic E-state index is 13.4. The van der Waals surface area contributed by atoms with E-state index in [1.54, 1.807) is 39.2 Å². The molecular weight excluding hydrogens is 578 g/mol. The third kappa shape index (κ3) is 7.19. The van der Waals surface area contributed by atoms with E-state index in [0.29, 0.717) is 47.3 Å². The normalized spacial score (nSPS) is 16.7. The van der Waals surface area contributed by atoms with E-state index in [4.69, 9.17) is 34.2 Å². The zero-order valence-corrected chi connectivity index (χ0v) is 26.3. The van der Waals surface area contributed by atoms with E-state index in [0.717, 1.165) is 22.4 Å². The van der Waals surface area contributed by atoms with Crippen LogP contribution in [0, 0.1) is 0 Å². The summed E-state index contributed by atoms with van der Waals surface area (Å²) in [6.07, 6.45) is 1.30. The van der Waals surface area contributed by atoms with Crippen molar-refractivity contribution in [3.8, 4) is 28.7 Å². The minimum atomic E-state index is -3.64. The Kier molecular flexibility index (Phi) is 10.7. The highest BCUT2D eigenvalue weighted by atomic mass is 32.2. The Morgan fingerprint density at radius 1 is 0.857 bits per heavy atom. The molecule has 0 bridgehead atoms. The van der Waals surface area contributed by atoms with Gasteiger partial charge in [0.1, 0.15) is 4.90 Å². The third-order valence-corrected chi connectivity index (χ3v) is 9.85. The minimum Gasteiger partial charge on any atom is -0.493 e. The lowest BCUT2D eigenvalue weighted by molar-refractivity contribution is 0.0435. The number of rotatable bonds is 14. The molecule has 228 valence electrons. The number of hydrogen-bond acceptors (Lipinski definition) is 10. The molecule has 1 fully saturated rings. The monoisotopic (exact) mass is 617 g/mol. The van der Waals surface area contributed by atoms with Crippen molar-refractivity contribution in [2.45, 2.75) is 48.2 Å². The topological polar surface area (TPSA) is 116 Å². The van der Waals surface area contributed by atoms with Crippen molar-refractivity contribution in [3.63, 3.8) is 0 Å². The number of hydrogen-bond donors (Lipinski definition) is 1. The summed E-state index contributed by atoms with van der Waals surface area (Å²) < 4.78 is 61.6. The molecule has 9 nitrogen and oxygen atoms in total. The fourth-order valence-electron chi connectivity index (χ4n) is 5.01.